The summed E-state index contributed by atoms with van der Waals surface area (Å²) in [5.74, 6) is 0.392. The van der Waals surface area contributed by atoms with Crippen molar-refractivity contribution in [3.63, 3.8) is 0 Å². The van der Waals surface area contributed by atoms with Gasteiger partial charge in [-0.25, -0.2) is 4.99 Å². The number of nitrogens with two attached hydrogens (primary N) is 1. The van der Waals surface area contributed by atoms with Crippen molar-refractivity contribution < 1.29 is 0 Å². The van der Waals surface area contributed by atoms with Gasteiger partial charge >= 0.3 is 0 Å². The molecule has 4 heteroatoms. The van der Waals surface area contributed by atoms with E-state index in [0.717, 1.165) is 5.70 Å². The van der Waals surface area contributed by atoms with Gasteiger partial charge in [-0.2, -0.15) is 0 Å². The minimum atomic E-state index is 0.301. The van der Waals surface area contributed by atoms with E-state index in [9.17, 15) is 0 Å². The first-order valence-corrected chi connectivity index (χ1v) is 4.75. The summed E-state index contributed by atoms with van der Waals surface area (Å²) in [5, 5.41) is 3.74. The topological polar surface area (TPSA) is 50.4 Å². The number of allylic oxidation sites excluding steroid dienone is 1. The Kier molecular flexibility index (Phi) is 3.36. The zero-order valence-corrected chi connectivity index (χ0v) is 9.10. The smallest absolute Gasteiger partial charge is 0.130 e. The summed E-state index contributed by atoms with van der Waals surface area (Å²) in [6, 6.07) is 0.301. The van der Waals surface area contributed by atoms with Gasteiger partial charge in [0, 0.05) is 11.6 Å². The molecule has 1 rings (SSSR count). The van der Waals surface area contributed by atoms with Crippen molar-refractivity contribution in [2.24, 2.45) is 10.7 Å². The van der Waals surface area contributed by atoms with E-state index < -0.39 is 0 Å². The molecule has 0 saturated carbocycles. The van der Waals surface area contributed by atoms with Crippen LogP contribution in [0.2, 0.25) is 0 Å². The second kappa shape index (κ2) is 4.33. The molecular formula is C10H14ClN3. The molecule has 0 amide bonds. The van der Waals surface area contributed by atoms with Crippen molar-refractivity contribution in [1.29, 1.82) is 0 Å². The molecule has 0 aliphatic carbocycles. The fraction of sp³-hybridized carbons (Fsp3) is 0.300. The summed E-state index contributed by atoms with van der Waals surface area (Å²) < 4.78 is 0. The maximum Gasteiger partial charge on any atom is 0.130 e. The molecule has 76 valence electrons. The second-order valence-electron chi connectivity index (χ2n) is 3.37. The van der Waals surface area contributed by atoms with Crippen LogP contribution in [0.4, 0.5) is 0 Å². The Morgan fingerprint density at radius 1 is 1.57 bits per heavy atom. The van der Waals surface area contributed by atoms with Gasteiger partial charge in [0.2, 0.25) is 0 Å². The number of nitrogens with one attached hydrogen (secondary N) is 1. The Balaban J connectivity index is 2.96. The zero-order chi connectivity index (χ0) is 10.7. The van der Waals surface area contributed by atoms with Crippen LogP contribution in [0.5, 0.6) is 0 Å². The molecule has 0 spiro atoms. The maximum absolute atomic E-state index is 5.99. The molecule has 0 radical (unpaired) electrons. The number of hydrogen-bond acceptors (Lipinski definition) is 3. The first-order chi connectivity index (χ1) is 6.50. The lowest BCUT2D eigenvalue weighted by Crippen LogP contribution is -2.22. The lowest BCUT2D eigenvalue weighted by Gasteiger charge is -2.12. The van der Waals surface area contributed by atoms with Crippen LogP contribution >= 0.6 is 11.6 Å². The van der Waals surface area contributed by atoms with Gasteiger partial charge in [0.1, 0.15) is 5.84 Å². The number of nitrogens with zero attached hydrogens (tertiary/aromatic N) is 1. The molecule has 3 nitrogen and oxygen atoms in total. The summed E-state index contributed by atoms with van der Waals surface area (Å²) in [5.41, 5.74) is 7.08. The predicted octanol–water partition coefficient (Wildman–Crippen LogP) is 1.88. The Morgan fingerprint density at radius 3 is 2.79 bits per heavy atom. The molecule has 3 N–H and O–H groups in total. The zero-order valence-electron chi connectivity index (χ0n) is 8.34. The van der Waals surface area contributed by atoms with Crippen molar-refractivity contribution in [2.75, 3.05) is 0 Å². The molecule has 0 fully saturated rings. The first-order valence-electron chi connectivity index (χ1n) is 4.37. The van der Waals surface area contributed by atoms with E-state index in [-0.39, 0.29) is 0 Å². The van der Waals surface area contributed by atoms with Crippen LogP contribution in [-0.2, 0) is 0 Å². The Bertz CT molecular complexity index is 337. The van der Waals surface area contributed by atoms with Gasteiger partial charge in [-0.05, 0) is 19.9 Å². The Hall–Kier alpha value is -1.22. The second-order valence-corrected chi connectivity index (χ2v) is 3.78. The van der Waals surface area contributed by atoms with E-state index in [0.29, 0.717) is 22.5 Å². The van der Waals surface area contributed by atoms with Crippen molar-refractivity contribution in [3.05, 3.63) is 35.2 Å². The summed E-state index contributed by atoms with van der Waals surface area (Å²) in [6.45, 7) is 7.84. The van der Waals surface area contributed by atoms with Crippen molar-refractivity contribution in [1.82, 2.24) is 5.32 Å². The summed E-state index contributed by atoms with van der Waals surface area (Å²) in [4.78, 5) is 3.95. The van der Waals surface area contributed by atoms with E-state index in [2.05, 4.69) is 16.9 Å². The molecule has 0 unspecified atom stereocenters. The Labute approximate surface area is 89.0 Å². The first kappa shape index (κ1) is 10.9. The minimum Gasteiger partial charge on any atom is -0.383 e. The van der Waals surface area contributed by atoms with Crippen LogP contribution in [0.15, 0.2) is 40.1 Å². The predicted molar refractivity (Wildman–Crippen MR) is 61.1 cm³/mol. The third kappa shape index (κ3) is 2.64. The largest absolute Gasteiger partial charge is 0.383 e. The van der Waals surface area contributed by atoms with E-state index in [1.165, 1.54) is 6.20 Å². The van der Waals surface area contributed by atoms with E-state index in [1.54, 1.807) is 6.08 Å². The highest BCUT2D eigenvalue weighted by Gasteiger charge is 2.09. The summed E-state index contributed by atoms with van der Waals surface area (Å²) >= 11 is 5.99. The molecule has 1 aliphatic heterocycles. The lowest BCUT2D eigenvalue weighted by molar-refractivity contribution is 0.679. The van der Waals surface area contributed by atoms with Crippen LogP contribution in [0, 0.1) is 0 Å². The van der Waals surface area contributed by atoms with Gasteiger partial charge in [0.15, 0.2) is 0 Å². The van der Waals surface area contributed by atoms with Gasteiger partial charge in [0.05, 0.1) is 16.9 Å². The van der Waals surface area contributed by atoms with Crippen molar-refractivity contribution >= 4 is 17.4 Å². The van der Waals surface area contributed by atoms with E-state index in [1.807, 2.05) is 13.8 Å². The van der Waals surface area contributed by atoms with E-state index in [4.69, 9.17) is 17.3 Å². The lowest BCUT2D eigenvalue weighted by atomic mass is 10.2. The standard InChI is InChI=1S/C10H14ClN3/c1-6(2)14-9-4-7(3)10(12)13-5-8(9)11/h4-6,14H,3H2,1-2H3,(H2,12,13). The van der Waals surface area contributed by atoms with Gasteiger partial charge in [-0.15, -0.1) is 0 Å². The summed E-state index contributed by atoms with van der Waals surface area (Å²) in [6.07, 6.45) is 3.32. The van der Waals surface area contributed by atoms with Gasteiger partial charge < -0.3 is 11.1 Å². The molecule has 0 aromatic heterocycles. The van der Waals surface area contributed by atoms with Crippen molar-refractivity contribution in [3.8, 4) is 0 Å². The van der Waals surface area contributed by atoms with Crippen molar-refractivity contribution in [2.45, 2.75) is 19.9 Å². The number of aliphatic imine (C=N–C) groups is 1. The Morgan fingerprint density at radius 2 is 2.21 bits per heavy atom. The fourth-order valence-electron chi connectivity index (χ4n) is 1.02. The number of hydrogen-bond donors (Lipinski definition) is 2. The molecule has 0 bridgehead atoms. The van der Waals surface area contributed by atoms with Crippen LogP contribution in [0.25, 0.3) is 0 Å². The molecule has 1 aliphatic rings. The van der Waals surface area contributed by atoms with E-state index >= 15 is 0 Å². The third-order valence-electron chi connectivity index (χ3n) is 1.67. The van der Waals surface area contributed by atoms with Crippen LogP contribution in [0.1, 0.15) is 13.8 Å². The average Bonchev–Trinajstić information content (AvgIpc) is 2.19. The molecule has 14 heavy (non-hydrogen) atoms. The highest BCUT2D eigenvalue weighted by atomic mass is 35.5. The van der Waals surface area contributed by atoms with Gasteiger partial charge in [0.25, 0.3) is 0 Å². The minimum absolute atomic E-state index is 0.301. The highest BCUT2D eigenvalue weighted by molar-refractivity contribution is 6.32. The SMILES string of the molecule is C=C1C=C(NC(C)C)C(Cl)=CN=C1N. The number of amidine groups is 1. The molecule has 1 heterocycles. The number of rotatable bonds is 2. The molecule has 0 aromatic rings. The third-order valence-corrected chi connectivity index (χ3v) is 1.97. The molecule has 0 aromatic carbocycles. The molecular weight excluding hydrogens is 198 g/mol. The quantitative estimate of drug-likeness (QED) is 0.733. The van der Waals surface area contributed by atoms with Gasteiger partial charge in [-0.1, -0.05) is 18.2 Å². The van der Waals surface area contributed by atoms with Crippen LogP contribution in [0.3, 0.4) is 0 Å². The van der Waals surface area contributed by atoms with Gasteiger partial charge in [-0.3, -0.25) is 0 Å². The summed E-state index contributed by atoms with van der Waals surface area (Å²) in [7, 11) is 0. The fourth-order valence-corrected chi connectivity index (χ4v) is 1.18. The van der Waals surface area contributed by atoms with Crippen LogP contribution in [-0.4, -0.2) is 11.9 Å². The average molecular weight is 212 g/mol. The molecule has 0 saturated heterocycles. The number of halogens is 1. The normalized spacial score (nSPS) is 17.1. The monoisotopic (exact) mass is 211 g/mol. The maximum atomic E-state index is 5.99. The van der Waals surface area contributed by atoms with Crippen LogP contribution < -0.4 is 11.1 Å². The molecule has 0 atom stereocenters. The highest BCUT2D eigenvalue weighted by Crippen LogP contribution is 2.17.